The van der Waals surface area contributed by atoms with Crippen LogP contribution in [0.3, 0.4) is 0 Å². The number of carbonyl (C=O) groups excluding carboxylic acids is 1. The SMILES string of the molecule is Cc1cc(-c2cc(C(C)(C)O)ccc2Oc2c(C)cc(F)cc2C)c2cc(C(=O)OCC(C)(C)C)n(C(=O)O)c2n1. The summed E-state index contributed by atoms with van der Waals surface area (Å²) in [6.07, 6.45) is -1.38. The molecule has 9 heteroatoms. The van der Waals surface area contributed by atoms with Crippen molar-refractivity contribution in [2.24, 2.45) is 5.41 Å². The lowest BCUT2D eigenvalue weighted by Crippen LogP contribution is -2.22. The summed E-state index contributed by atoms with van der Waals surface area (Å²) in [6, 6.07) is 11.2. The number of carbonyl (C=O) groups is 2. The van der Waals surface area contributed by atoms with Gasteiger partial charge in [-0.05, 0) is 98.7 Å². The Labute approximate surface area is 238 Å². The van der Waals surface area contributed by atoms with Gasteiger partial charge in [-0.1, -0.05) is 26.8 Å². The van der Waals surface area contributed by atoms with Gasteiger partial charge in [0.25, 0.3) is 0 Å². The summed E-state index contributed by atoms with van der Waals surface area (Å²) in [7, 11) is 0. The lowest BCUT2D eigenvalue weighted by molar-refractivity contribution is 0.0355. The molecule has 4 rings (SSSR count). The van der Waals surface area contributed by atoms with E-state index in [-0.39, 0.29) is 29.2 Å². The molecule has 0 aliphatic heterocycles. The zero-order valence-electron chi connectivity index (χ0n) is 24.5. The molecular formula is C32H35FN2O6. The van der Waals surface area contributed by atoms with Gasteiger partial charge >= 0.3 is 12.1 Å². The van der Waals surface area contributed by atoms with Crippen molar-refractivity contribution in [1.82, 2.24) is 9.55 Å². The highest BCUT2D eigenvalue weighted by Crippen LogP contribution is 2.42. The molecule has 2 aromatic carbocycles. The van der Waals surface area contributed by atoms with Gasteiger partial charge in [-0.3, -0.25) is 0 Å². The van der Waals surface area contributed by atoms with E-state index >= 15 is 0 Å². The maximum Gasteiger partial charge on any atom is 0.417 e. The highest BCUT2D eigenvalue weighted by molar-refractivity contribution is 6.05. The average Bonchev–Trinajstić information content (AvgIpc) is 3.23. The van der Waals surface area contributed by atoms with Crippen LogP contribution in [-0.4, -0.2) is 38.4 Å². The van der Waals surface area contributed by atoms with Gasteiger partial charge in [0.1, 0.15) is 23.0 Å². The molecule has 2 aromatic heterocycles. The first kappa shape index (κ1) is 29.7. The van der Waals surface area contributed by atoms with Gasteiger partial charge in [-0.25, -0.2) is 23.5 Å². The minimum atomic E-state index is -1.38. The van der Waals surface area contributed by atoms with Crippen LogP contribution in [-0.2, 0) is 10.3 Å². The van der Waals surface area contributed by atoms with Crippen molar-refractivity contribution in [3.8, 4) is 22.6 Å². The fourth-order valence-corrected chi connectivity index (χ4v) is 4.60. The number of aromatic nitrogens is 2. The summed E-state index contributed by atoms with van der Waals surface area (Å²) in [5, 5.41) is 21.3. The Morgan fingerprint density at radius 3 is 2.15 bits per heavy atom. The third-order valence-electron chi connectivity index (χ3n) is 6.55. The minimum absolute atomic E-state index is 0.0592. The fraction of sp³-hybridized carbons (Fsp3) is 0.344. The number of hydrogen-bond donors (Lipinski definition) is 2. The number of hydrogen-bond acceptors (Lipinski definition) is 6. The van der Waals surface area contributed by atoms with Gasteiger partial charge in [0.2, 0.25) is 0 Å². The van der Waals surface area contributed by atoms with E-state index in [1.807, 2.05) is 20.8 Å². The highest BCUT2D eigenvalue weighted by Gasteiger charge is 2.27. The number of halogens is 1. The Hall–Kier alpha value is -4.24. The molecule has 41 heavy (non-hydrogen) atoms. The molecule has 0 saturated heterocycles. The minimum Gasteiger partial charge on any atom is -0.464 e. The van der Waals surface area contributed by atoms with Crippen LogP contribution in [0.2, 0.25) is 0 Å². The van der Waals surface area contributed by atoms with Crippen LogP contribution < -0.4 is 4.74 Å². The fourth-order valence-electron chi connectivity index (χ4n) is 4.60. The molecule has 8 nitrogen and oxygen atoms in total. The number of esters is 1. The first-order chi connectivity index (χ1) is 19.0. The van der Waals surface area contributed by atoms with E-state index in [0.717, 1.165) is 4.57 Å². The lowest BCUT2D eigenvalue weighted by Gasteiger charge is -2.22. The van der Waals surface area contributed by atoms with E-state index in [1.165, 1.54) is 18.2 Å². The second kappa shape index (κ2) is 10.6. The zero-order chi connectivity index (χ0) is 30.4. The molecule has 0 aliphatic rings. The molecule has 0 amide bonds. The second-order valence-corrected chi connectivity index (χ2v) is 12.1. The van der Waals surface area contributed by atoms with Crippen molar-refractivity contribution in [1.29, 1.82) is 0 Å². The lowest BCUT2D eigenvalue weighted by atomic mass is 9.92. The number of rotatable bonds is 6. The van der Waals surface area contributed by atoms with Crippen LogP contribution in [0.15, 0.2) is 42.5 Å². The standard InChI is InChI=1S/C32H35FN2O6/c1-17-11-21(33)12-18(2)27(17)41-26-10-9-20(32(7,8)39)14-23(26)22-13-19(3)34-28-24(22)15-25(35(28)30(37)38)29(36)40-16-31(4,5)6/h9-15,39H,16H2,1-8H3,(H,37,38). The number of nitrogens with zero attached hydrogens (tertiary/aromatic N) is 2. The zero-order valence-corrected chi connectivity index (χ0v) is 24.5. The molecule has 0 aliphatic carbocycles. The Morgan fingerprint density at radius 1 is 0.951 bits per heavy atom. The van der Waals surface area contributed by atoms with Crippen LogP contribution in [0.5, 0.6) is 11.5 Å². The molecule has 2 heterocycles. The van der Waals surface area contributed by atoms with E-state index in [4.69, 9.17) is 9.47 Å². The highest BCUT2D eigenvalue weighted by atomic mass is 19.1. The predicted molar refractivity (Wildman–Crippen MR) is 154 cm³/mol. The largest absolute Gasteiger partial charge is 0.464 e. The van der Waals surface area contributed by atoms with Crippen LogP contribution >= 0.6 is 0 Å². The van der Waals surface area contributed by atoms with Crippen molar-refractivity contribution in [3.05, 3.63) is 76.4 Å². The summed E-state index contributed by atoms with van der Waals surface area (Å²) in [5.74, 6) is -0.302. The van der Waals surface area contributed by atoms with Crippen LogP contribution in [0.4, 0.5) is 9.18 Å². The molecule has 0 unspecified atom stereocenters. The topological polar surface area (TPSA) is 111 Å². The van der Waals surface area contributed by atoms with Crippen molar-refractivity contribution in [2.75, 3.05) is 6.61 Å². The molecule has 0 saturated carbocycles. The number of aryl methyl sites for hydroxylation is 3. The van der Waals surface area contributed by atoms with Crippen molar-refractivity contribution >= 4 is 23.1 Å². The second-order valence-electron chi connectivity index (χ2n) is 12.1. The number of carboxylic acid groups (broad SMARTS) is 1. The third-order valence-corrected chi connectivity index (χ3v) is 6.55. The van der Waals surface area contributed by atoms with Crippen LogP contribution in [0.1, 0.15) is 67.5 Å². The summed E-state index contributed by atoms with van der Waals surface area (Å²) in [6.45, 7) is 14.3. The summed E-state index contributed by atoms with van der Waals surface area (Å²) < 4.78 is 26.6. The van der Waals surface area contributed by atoms with E-state index in [1.54, 1.807) is 58.9 Å². The molecule has 0 bridgehead atoms. The van der Waals surface area contributed by atoms with Crippen LogP contribution in [0, 0.1) is 32.0 Å². The van der Waals surface area contributed by atoms with Gasteiger partial charge in [-0.2, -0.15) is 0 Å². The normalized spacial score (nSPS) is 12.0. The van der Waals surface area contributed by atoms with Crippen molar-refractivity contribution < 1.29 is 33.7 Å². The Balaban J connectivity index is 1.99. The number of fused-ring (bicyclic) bond motifs is 1. The van der Waals surface area contributed by atoms with E-state index in [9.17, 15) is 24.2 Å². The molecule has 0 fully saturated rings. The summed E-state index contributed by atoms with van der Waals surface area (Å²) >= 11 is 0. The van der Waals surface area contributed by atoms with Gasteiger partial charge in [0.15, 0.2) is 5.65 Å². The molecule has 216 valence electrons. The smallest absolute Gasteiger partial charge is 0.417 e. The van der Waals surface area contributed by atoms with Crippen molar-refractivity contribution in [2.45, 2.75) is 61.0 Å². The Morgan fingerprint density at radius 2 is 1.59 bits per heavy atom. The monoisotopic (exact) mass is 562 g/mol. The molecule has 0 atom stereocenters. The third kappa shape index (κ3) is 6.25. The van der Waals surface area contributed by atoms with E-state index < -0.39 is 17.7 Å². The number of pyridine rings is 1. The average molecular weight is 563 g/mol. The molecular weight excluding hydrogens is 527 g/mol. The van der Waals surface area contributed by atoms with Gasteiger partial charge in [-0.15, -0.1) is 0 Å². The Kier molecular flexibility index (Phi) is 7.71. The Bertz CT molecular complexity index is 1650. The molecule has 4 aromatic rings. The quantitative estimate of drug-likeness (QED) is 0.234. The molecule has 0 radical (unpaired) electrons. The number of benzene rings is 2. The van der Waals surface area contributed by atoms with Gasteiger partial charge in [0.05, 0.1) is 12.2 Å². The van der Waals surface area contributed by atoms with Crippen molar-refractivity contribution in [3.63, 3.8) is 0 Å². The van der Waals surface area contributed by atoms with Gasteiger partial charge in [0, 0.05) is 16.6 Å². The van der Waals surface area contributed by atoms with E-state index in [0.29, 0.717) is 50.4 Å². The summed E-state index contributed by atoms with van der Waals surface area (Å²) in [4.78, 5) is 29.9. The predicted octanol–water partition coefficient (Wildman–Crippen LogP) is 7.52. The first-order valence-corrected chi connectivity index (χ1v) is 13.2. The maximum absolute atomic E-state index is 14.0. The maximum atomic E-state index is 14.0. The summed E-state index contributed by atoms with van der Waals surface area (Å²) in [5.41, 5.74) is 1.69. The number of ether oxygens (including phenoxy) is 2. The van der Waals surface area contributed by atoms with E-state index in [2.05, 4.69) is 4.98 Å². The molecule has 2 N–H and O–H groups in total. The van der Waals surface area contributed by atoms with Gasteiger partial charge < -0.3 is 19.7 Å². The van der Waals surface area contributed by atoms with Crippen LogP contribution in [0.25, 0.3) is 22.2 Å². The number of aliphatic hydroxyl groups is 1. The molecule has 0 spiro atoms. The first-order valence-electron chi connectivity index (χ1n) is 13.2.